The van der Waals surface area contributed by atoms with Crippen molar-refractivity contribution >= 4 is 11.8 Å². The number of hydrogen-bond acceptors (Lipinski definition) is 5. The fraction of sp³-hybridized carbons (Fsp3) is 0.316. The molecule has 1 fully saturated rings. The van der Waals surface area contributed by atoms with E-state index in [2.05, 4.69) is 4.98 Å². The third-order valence-electron chi connectivity index (χ3n) is 3.94. The summed E-state index contributed by atoms with van der Waals surface area (Å²) in [5, 5.41) is 0. The van der Waals surface area contributed by atoms with Crippen LogP contribution in [0.2, 0.25) is 0 Å². The summed E-state index contributed by atoms with van der Waals surface area (Å²) in [7, 11) is 0. The van der Waals surface area contributed by atoms with Gasteiger partial charge in [-0.2, -0.15) is 0 Å². The number of benzene rings is 1. The zero-order valence-corrected chi connectivity index (χ0v) is 14.1. The van der Waals surface area contributed by atoms with Crippen LogP contribution in [0.5, 0.6) is 11.5 Å². The fourth-order valence-corrected chi connectivity index (χ4v) is 2.65. The van der Waals surface area contributed by atoms with Crippen molar-refractivity contribution in [3.05, 3.63) is 42.6 Å². The third kappa shape index (κ3) is 4.15. The van der Waals surface area contributed by atoms with E-state index < -0.39 is 0 Å². The van der Waals surface area contributed by atoms with E-state index in [0.29, 0.717) is 25.2 Å². The van der Waals surface area contributed by atoms with Gasteiger partial charge in [-0.1, -0.05) is 0 Å². The average molecular weight is 340 g/mol. The summed E-state index contributed by atoms with van der Waals surface area (Å²) < 4.78 is 11.0. The Morgan fingerprint density at radius 2 is 1.64 bits per heavy atom. The first-order valence-electron chi connectivity index (χ1n) is 8.32. The number of carbonyl (C=O) groups excluding carboxylic acids is 2. The van der Waals surface area contributed by atoms with E-state index in [1.165, 1.54) is 4.90 Å². The van der Waals surface area contributed by atoms with Crippen molar-refractivity contribution in [3.63, 3.8) is 0 Å². The Bertz CT molecular complexity index is 725. The van der Waals surface area contributed by atoms with E-state index in [9.17, 15) is 9.59 Å². The SMILES string of the molecule is CCOc1ccc(-c2ccc(OCCN3C(=O)CCC3=O)cn2)cc1. The Labute approximate surface area is 146 Å². The van der Waals surface area contributed by atoms with Crippen LogP contribution in [0.3, 0.4) is 0 Å². The van der Waals surface area contributed by atoms with Crippen molar-refractivity contribution in [2.75, 3.05) is 19.8 Å². The molecule has 0 spiro atoms. The molecule has 0 aliphatic carbocycles. The summed E-state index contributed by atoms with van der Waals surface area (Å²) in [6.07, 6.45) is 2.24. The highest BCUT2D eigenvalue weighted by molar-refractivity contribution is 6.01. The Balaban J connectivity index is 1.55. The highest BCUT2D eigenvalue weighted by Gasteiger charge is 2.28. The van der Waals surface area contributed by atoms with Gasteiger partial charge in [0.15, 0.2) is 0 Å². The Kier molecular flexibility index (Phi) is 5.28. The maximum atomic E-state index is 11.5. The molecule has 0 bridgehead atoms. The molecule has 25 heavy (non-hydrogen) atoms. The van der Waals surface area contributed by atoms with E-state index in [4.69, 9.17) is 9.47 Å². The lowest BCUT2D eigenvalue weighted by molar-refractivity contribution is -0.138. The van der Waals surface area contributed by atoms with Crippen molar-refractivity contribution < 1.29 is 19.1 Å². The van der Waals surface area contributed by atoms with E-state index in [-0.39, 0.29) is 25.0 Å². The number of amides is 2. The molecule has 0 saturated carbocycles. The van der Waals surface area contributed by atoms with Gasteiger partial charge in [-0.3, -0.25) is 19.5 Å². The van der Waals surface area contributed by atoms with Crippen molar-refractivity contribution in [2.24, 2.45) is 0 Å². The molecular weight excluding hydrogens is 320 g/mol. The van der Waals surface area contributed by atoms with Crippen LogP contribution in [-0.4, -0.2) is 41.5 Å². The van der Waals surface area contributed by atoms with Crippen molar-refractivity contribution in [1.82, 2.24) is 9.88 Å². The molecule has 0 atom stereocenters. The van der Waals surface area contributed by atoms with E-state index in [1.54, 1.807) is 6.20 Å². The minimum Gasteiger partial charge on any atom is -0.494 e. The normalized spacial score (nSPS) is 14.0. The number of rotatable bonds is 7. The van der Waals surface area contributed by atoms with Crippen LogP contribution in [0.1, 0.15) is 19.8 Å². The van der Waals surface area contributed by atoms with Gasteiger partial charge in [-0.25, -0.2) is 0 Å². The molecule has 1 saturated heterocycles. The molecule has 3 rings (SSSR count). The molecule has 1 aromatic heterocycles. The standard InChI is InChI=1S/C19H20N2O4/c1-2-24-15-5-3-14(4-6-15)17-8-7-16(13-20-17)25-12-11-21-18(22)9-10-19(21)23/h3-8,13H,2,9-12H2,1H3. The van der Waals surface area contributed by atoms with Gasteiger partial charge in [-0.05, 0) is 43.3 Å². The highest BCUT2D eigenvalue weighted by Crippen LogP contribution is 2.22. The number of hydrogen-bond donors (Lipinski definition) is 0. The molecule has 2 aromatic rings. The van der Waals surface area contributed by atoms with Crippen LogP contribution in [-0.2, 0) is 9.59 Å². The number of aromatic nitrogens is 1. The molecule has 2 amide bonds. The topological polar surface area (TPSA) is 68.7 Å². The summed E-state index contributed by atoms with van der Waals surface area (Å²) in [5.74, 6) is 1.18. The summed E-state index contributed by atoms with van der Waals surface area (Å²) in [6, 6.07) is 11.4. The predicted molar refractivity (Wildman–Crippen MR) is 92.3 cm³/mol. The number of nitrogens with zero attached hydrogens (tertiary/aromatic N) is 2. The number of carbonyl (C=O) groups is 2. The van der Waals surface area contributed by atoms with Crippen molar-refractivity contribution in [1.29, 1.82) is 0 Å². The van der Waals surface area contributed by atoms with Crippen LogP contribution in [0.25, 0.3) is 11.3 Å². The molecule has 2 heterocycles. The number of ether oxygens (including phenoxy) is 2. The molecule has 1 aromatic carbocycles. The first-order chi connectivity index (χ1) is 12.2. The maximum absolute atomic E-state index is 11.5. The number of pyridine rings is 1. The molecule has 0 unspecified atom stereocenters. The Hall–Kier alpha value is -2.89. The molecule has 6 nitrogen and oxygen atoms in total. The largest absolute Gasteiger partial charge is 0.494 e. The zero-order valence-electron chi connectivity index (χ0n) is 14.1. The minimum absolute atomic E-state index is 0.127. The van der Waals surface area contributed by atoms with Gasteiger partial charge in [0, 0.05) is 18.4 Å². The smallest absolute Gasteiger partial charge is 0.229 e. The number of likely N-dealkylation sites (tertiary alicyclic amines) is 1. The van der Waals surface area contributed by atoms with Gasteiger partial charge in [0.25, 0.3) is 0 Å². The molecule has 130 valence electrons. The second-order valence-corrected chi connectivity index (χ2v) is 5.62. The first kappa shape index (κ1) is 17.0. The van der Waals surface area contributed by atoms with Gasteiger partial charge in [0.05, 0.1) is 25.0 Å². The molecule has 6 heteroatoms. The van der Waals surface area contributed by atoms with Crippen molar-refractivity contribution in [3.8, 4) is 22.8 Å². The van der Waals surface area contributed by atoms with E-state index in [1.807, 2.05) is 43.3 Å². The lowest BCUT2D eigenvalue weighted by Crippen LogP contribution is -2.33. The predicted octanol–water partition coefficient (Wildman–Crippen LogP) is 2.68. The second-order valence-electron chi connectivity index (χ2n) is 5.62. The van der Waals surface area contributed by atoms with Gasteiger partial charge in [0.2, 0.25) is 11.8 Å². The van der Waals surface area contributed by atoms with Gasteiger partial charge in [-0.15, -0.1) is 0 Å². The summed E-state index contributed by atoms with van der Waals surface area (Å²) in [4.78, 5) is 28.7. The monoisotopic (exact) mass is 340 g/mol. The molecule has 0 radical (unpaired) electrons. The summed E-state index contributed by atoms with van der Waals surface area (Å²) in [6.45, 7) is 3.13. The lowest BCUT2D eigenvalue weighted by Gasteiger charge is -2.14. The average Bonchev–Trinajstić information content (AvgIpc) is 2.95. The highest BCUT2D eigenvalue weighted by atomic mass is 16.5. The Morgan fingerprint density at radius 3 is 2.24 bits per heavy atom. The molecule has 1 aliphatic heterocycles. The van der Waals surface area contributed by atoms with E-state index >= 15 is 0 Å². The molecule has 0 N–H and O–H groups in total. The van der Waals surface area contributed by atoms with Gasteiger partial charge >= 0.3 is 0 Å². The van der Waals surface area contributed by atoms with E-state index in [0.717, 1.165) is 17.0 Å². The second kappa shape index (κ2) is 7.79. The quantitative estimate of drug-likeness (QED) is 0.725. The fourth-order valence-electron chi connectivity index (χ4n) is 2.65. The summed E-state index contributed by atoms with van der Waals surface area (Å²) >= 11 is 0. The first-order valence-corrected chi connectivity index (χ1v) is 8.32. The van der Waals surface area contributed by atoms with Crippen molar-refractivity contribution in [2.45, 2.75) is 19.8 Å². The minimum atomic E-state index is -0.127. The van der Waals surface area contributed by atoms with Crippen LogP contribution in [0.15, 0.2) is 42.6 Å². The Morgan fingerprint density at radius 1 is 0.960 bits per heavy atom. The maximum Gasteiger partial charge on any atom is 0.229 e. The van der Waals surface area contributed by atoms with Crippen LogP contribution in [0.4, 0.5) is 0 Å². The summed E-state index contributed by atoms with van der Waals surface area (Å²) in [5.41, 5.74) is 1.82. The number of imide groups is 1. The van der Waals surface area contributed by atoms with Crippen LogP contribution >= 0.6 is 0 Å². The zero-order chi connectivity index (χ0) is 17.6. The van der Waals surface area contributed by atoms with Crippen LogP contribution < -0.4 is 9.47 Å². The third-order valence-corrected chi connectivity index (χ3v) is 3.94. The van der Waals surface area contributed by atoms with Gasteiger partial charge in [0.1, 0.15) is 18.1 Å². The van der Waals surface area contributed by atoms with Gasteiger partial charge < -0.3 is 9.47 Å². The molecular formula is C19H20N2O4. The van der Waals surface area contributed by atoms with Crippen LogP contribution in [0, 0.1) is 0 Å². The lowest BCUT2D eigenvalue weighted by atomic mass is 10.1. The molecule has 1 aliphatic rings.